The molecule has 1 aromatic heterocycles. The molecule has 13 heavy (non-hydrogen) atoms. The van der Waals surface area contributed by atoms with Gasteiger partial charge in [0.25, 0.3) is 0 Å². The van der Waals surface area contributed by atoms with Crippen LogP contribution in [0.4, 0.5) is 0 Å². The van der Waals surface area contributed by atoms with Crippen molar-refractivity contribution in [2.24, 2.45) is 5.73 Å². The molecule has 0 radical (unpaired) electrons. The molecule has 1 aliphatic rings. The lowest BCUT2D eigenvalue weighted by Gasteiger charge is -2.21. The Kier molecular flexibility index (Phi) is 1.95. The Morgan fingerprint density at radius 2 is 2.15 bits per heavy atom. The van der Waals surface area contributed by atoms with E-state index in [0.29, 0.717) is 12.2 Å². The molecule has 1 fully saturated rings. The average molecular weight is 182 g/mol. The highest BCUT2D eigenvalue weighted by atomic mass is 16.1. The lowest BCUT2D eigenvalue weighted by atomic mass is 9.94. The lowest BCUT2D eigenvalue weighted by Crippen LogP contribution is -2.39. The van der Waals surface area contributed by atoms with Gasteiger partial charge < -0.3 is 5.73 Å². The fraction of sp³-hybridized carbons (Fsp3) is 0.750. The molecule has 0 amide bonds. The summed E-state index contributed by atoms with van der Waals surface area (Å²) >= 11 is 0. The molecule has 72 valence electrons. The summed E-state index contributed by atoms with van der Waals surface area (Å²) in [6.45, 7) is 0. The van der Waals surface area contributed by atoms with Gasteiger partial charge in [0.05, 0.1) is 0 Å². The third kappa shape index (κ3) is 1.80. The number of aromatic amines is 2. The van der Waals surface area contributed by atoms with Crippen molar-refractivity contribution in [2.45, 2.75) is 37.6 Å². The Morgan fingerprint density at radius 1 is 1.46 bits per heavy atom. The fourth-order valence-electron chi connectivity index (χ4n) is 1.98. The smallest absolute Gasteiger partial charge is 0.325 e. The molecular formula is C8H14N4O. The number of nitrogens with two attached hydrogens (primary N) is 1. The van der Waals surface area contributed by atoms with Gasteiger partial charge in [0.15, 0.2) is 0 Å². The summed E-state index contributed by atoms with van der Waals surface area (Å²) in [7, 11) is 0. The molecule has 1 saturated carbocycles. The van der Waals surface area contributed by atoms with Crippen LogP contribution >= 0.6 is 0 Å². The van der Waals surface area contributed by atoms with Crippen molar-refractivity contribution in [3.8, 4) is 0 Å². The average Bonchev–Trinajstić information content (AvgIpc) is 2.62. The van der Waals surface area contributed by atoms with Crippen LogP contribution in [0.25, 0.3) is 0 Å². The Labute approximate surface area is 75.7 Å². The highest BCUT2D eigenvalue weighted by Gasteiger charge is 2.30. The van der Waals surface area contributed by atoms with Crippen molar-refractivity contribution in [1.82, 2.24) is 15.2 Å². The van der Waals surface area contributed by atoms with Crippen LogP contribution < -0.4 is 11.4 Å². The zero-order valence-electron chi connectivity index (χ0n) is 7.47. The summed E-state index contributed by atoms with van der Waals surface area (Å²) in [6.07, 6.45) is 5.10. The Bertz CT molecular complexity index is 334. The maximum Gasteiger partial charge on any atom is 0.340 e. The van der Waals surface area contributed by atoms with Crippen molar-refractivity contribution in [3.05, 3.63) is 16.3 Å². The third-order valence-corrected chi connectivity index (χ3v) is 2.67. The molecule has 0 spiro atoms. The molecule has 0 atom stereocenters. The zero-order chi connectivity index (χ0) is 9.31. The van der Waals surface area contributed by atoms with Crippen LogP contribution in [0.1, 0.15) is 31.5 Å². The van der Waals surface area contributed by atoms with Gasteiger partial charge in [-0.25, -0.2) is 9.89 Å². The molecular weight excluding hydrogens is 168 g/mol. The number of nitrogens with one attached hydrogen (secondary N) is 2. The van der Waals surface area contributed by atoms with Gasteiger partial charge in [0, 0.05) is 12.0 Å². The van der Waals surface area contributed by atoms with E-state index in [-0.39, 0.29) is 11.2 Å². The van der Waals surface area contributed by atoms with E-state index in [0.717, 1.165) is 12.8 Å². The molecule has 5 heteroatoms. The molecule has 4 N–H and O–H groups in total. The summed E-state index contributed by atoms with van der Waals surface area (Å²) in [5.41, 5.74) is 5.73. The quantitative estimate of drug-likeness (QED) is 0.597. The van der Waals surface area contributed by atoms with Gasteiger partial charge in [-0.05, 0) is 12.8 Å². The van der Waals surface area contributed by atoms with E-state index in [1.807, 2.05) is 0 Å². The van der Waals surface area contributed by atoms with E-state index in [1.165, 1.54) is 12.8 Å². The summed E-state index contributed by atoms with van der Waals surface area (Å²) in [4.78, 5) is 13.4. The van der Waals surface area contributed by atoms with Gasteiger partial charge in [-0.2, -0.15) is 5.10 Å². The normalized spacial score (nSPS) is 20.7. The molecule has 0 unspecified atom stereocenters. The van der Waals surface area contributed by atoms with E-state index >= 15 is 0 Å². The number of H-pyrrole nitrogens is 2. The molecule has 0 aliphatic heterocycles. The van der Waals surface area contributed by atoms with Crippen LogP contribution in [-0.4, -0.2) is 20.7 Å². The van der Waals surface area contributed by atoms with Gasteiger partial charge in [-0.3, -0.25) is 4.98 Å². The first-order chi connectivity index (χ1) is 6.18. The highest BCUT2D eigenvalue weighted by Crippen LogP contribution is 2.29. The largest absolute Gasteiger partial charge is 0.340 e. The molecule has 1 heterocycles. The van der Waals surface area contributed by atoms with Crippen molar-refractivity contribution in [2.75, 3.05) is 0 Å². The minimum absolute atomic E-state index is 0.141. The number of nitrogens with zero attached hydrogens (tertiary/aromatic N) is 1. The molecule has 0 aromatic carbocycles. The second kappa shape index (κ2) is 2.99. The van der Waals surface area contributed by atoms with Crippen LogP contribution in [0.2, 0.25) is 0 Å². The van der Waals surface area contributed by atoms with Crippen LogP contribution in [0.3, 0.4) is 0 Å². The first kappa shape index (κ1) is 8.50. The van der Waals surface area contributed by atoms with Crippen molar-refractivity contribution in [3.63, 3.8) is 0 Å². The van der Waals surface area contributed by atoms with E-state index in [4.69, 9.17) is 5.73 Å². The summed E-state index contributed by atoms with van der Waals surface area (Å²) in [6, 6.07) is 0. The summed E-state index contributed by atoms with van der Waals surface area (Å²) in [5, 5.41) is 6.19. The molecule has 0 bridgehead atoms. The second-order valence-corrected chi connectivity index (χ2v) is 3.87. The van der Waals surface area contributed by atoms with E-state index < -0.39 is 0 Å². The standard InChI is InChI=1S/C8H14N4O/c9-8(3-1-2-4-8)5-6-10-7(13)12-11-6/h1-5,9H2,(H2,10,11,12,13). The highest BCUT2D eigenvalue weighted by molar-refractivity contribution is 4.98. The molecule has 5 nitrogen and oxygen atoms in total. The Morgan fingerprint density at radius 3 is 2.69 bits per heavy atom. The van der Waals surface area contributed by atoms with Gasteiger partial charge in [-0.1, -0.05) is 12.8 Å². The lowest BCUT2D eigenvalue weighted by molar-refractivity contribution is 0.427. The first-order valence-corrected chi connectivity index (χ1v) is 4.60. The fourth-order valence-corrected chi connectivity index (χ4v) is 1.98. The maximum absolute atomic E-state index is 10.8. The van der Waals surface area contributed by atoms with Gasteiger partial charge in [0.1, 0.15) is 5.82 Å². The SMILES string of the molecule is NC1(Cc2n[nH]c(=O)[nH]2)CCCC1. The van der Waals surface area contributed by atoms with E-state index in [2.05, 4.69) is 15.2 Å². The second-order valence-electron chi connectivity index (χ2n) is 3.87. The van der Waals surface area contributed by atoms with Crippen LogP contribution in [0.5, 0.6) is 0 Å². The van der Waals surface area contributed by atoms with Crippen LogP contribution in [-0.2, 0) is 6.42 Å². The van der Waals surface area contributed by atoms with Crippen molar-refractivity contribution < 1.29 is 0 Å². The predicted octanol–water partition coefficient (Wildman–Crippen LogP) is -0.0880. The number of hydrogen-bond donors (Lipinski definition) is 3. The van der Waals surface area contributed by atoms with E-state index in [1.54, 1.807) is 0 Å². The predicted molar refractivity (Wildman–Crippen MR) is 48.3 cm³/mol. The molecule has 0 saturated heterocycles. The minimum Gasteiger partial charge on any atom is -0.325 e. The monoisotopic (exact) mass is 182 g/mol. The Hall–Kier alpha value is -1.10. The summed E-state index contributed by atoms with van der Waals surface area (Å²) in [5.74, 6) is 0.675. The Balaban J connectivity index is 2.08. The van der Waals surface area contributed by atoms with E-state index in [9.17, 15) is 4.79 Å². The van der Waals surface area contributed by atoms with Crippen molar-refractivity contribution >= 4 is 0 Å². The maximum atomic E-state index is 10.8. The van der Waals surface area contributed by atoms with Crippen LogP contribution in [0.15, 0.2) is 4.79 Å². The minimum atomic E-state index is -0.253. The van der Waals surface area contributed by atoms with Crippen molar-refractivity contribution in [1.29, 1.82) is 0 Å². The molecule has 2 rings (SSSR count). The van der Waals surface area contributed by atoms with Gasteiger partial charge in [-0.15, -0.1) is 0 Å². The topological polar surface area (TPSA) is 87.6 Å². The zero-order valence-corrected chi connectivity index (χ0v) is 7.47. The summed E-state index contributed by atoms with van der Waals surface area (Å²) < 4.78 is 0. The van der Waals surface area contributed by atoms with Gasteiger partial charge >= 0.3 is 5.69 Å². The van der Waals surface area contributed by atoms with Gasteiger partial charge in [0.2, 0.25) is 0 Å². The van der Waals surface area contributed by atoms with Crippen LogP contribution in [0, 0.1) is 0 Å². The number of hydrogen-bond acceptors (Lipinski definition) is 3. The molecule has 1 aliphatic carbocycles. The third-order valence-electron chi connectivity index (χ3n) is 2.67. The number of aromatic nitrogens is 3. The number of rotatable bonds is 2. The molecule has 1 aromatic rings. The first-order valence-electron chi connectivity index (χ1n) is 4.60.